The summed E-state index contributed by atoms with van der Waals surface area (Å²) >= 11 is 0. The first kappa shape index (κ1) is 9.40. The second kappa shape index (κ2) is 4.91. The third kappa shape index (κ3) is 2.67. The molecule has 0 bridgehead atoms. The van der Waals surface area contributed by atoms with Crippen molar-refractivity contribution in [3.63, 3.8) is 0 Å². The Kier molecular flexibility index (Phi) is 3.29. The van der Waals surface area contributed by atoms with Gasteiger partial charge in [-0.2, -0.15) is 0 Å². The van der Waals surface area contributed by atoms with Gasteiger partial charge in [-0.05, 0) is 18.8 Å². The Balaban J connectivity index is 1.76. The highest BCUT2D eigenvalue weighted by Gasteiger charge is 2.12. The van der Waals surface area contributed by atoms with Crippen LogP contribution in [0, 0.1) is 5.92 Å². The zero-order chi connectivity index (χ0) is 9.64. The summed E-state index contributed by atoms with van der Waals surface area (Å²) in [6.45, 7) is 2.80. The van der Waals surface area contributed by atoms with Crippen molar-refractivity contribution in [1.82, 2.24) is 9.97 Å². The van der Waals surface area contributed by atoms with E-state index in [1.807, 2.05) is 0 Å². The summed E-state index contributed by atoms with van der Waals surface area (Å²) in [5.74, 6) is 0.726. The van der Waals surface area contributed by atoms with Crippen LogP contribution in [-0.2, 0) is 4.74 Å². The SMILES string of the molecule is c1ncc(NCC2CCOCC2)cn1. The van der Waals surface area contributed by atoms with Crippen LogP contribution in [0.2, 0.25) is 0 Å². The molecule has 0 aromatic carbocycles. The van der Waals surface area contributed by atoms with E-state index < -0.39 is 0 Å². The fraction of sp³-hybridized carbons (Fsp3) is 0.600. The topological polar surface area (TPSA) is 47.0 Å². The summed E-state index contributed by atoms with van der Waals surface area (Å²) in [6.07, 6.45) is 7.44. The lowest BCUT2D eigenvalue weighted by Crippen LogP contribution is -2.22. The minimum Gasteiger partial charge on any atom is -0.382 e. The summed E-state index contributed by atoms with van der Waals surface area (Å²) in [5.41, 5.74) is 0.999. The number of hydrogen-bond acceptors (Lipinski definition) is 4. The summed E-state index contributed by atoms with van der Waals surface area (Å²) in [6, 6.07) is 0. The predicted octanol–water partition coefficient (Wildman–Crippen LogP) is 1.32. The van der Waals surface area contributed by atoms with Gasteiger partial charge >= 0.3 is 0 Å². The molecule has 4 nitrogen and oxygen atoms in total. The lowest BCUT2D eigenvalue weighted by atomic mass is 10.0. The number of rotatable bonds is 3. The van der Waals surface area contributed by atoms with Crippen molar-refractivity contribution in [3.8, 4) is 0 Å². The van der Waals surface area contributed by atoms with Gasteiger partial charge in [0.15, 0.2) is 0 Å². The number of aromatic nitrogens is 2. The molecule has 1 aromatic rings. The molecule has 1 saturated heterocycles. The predicted molar refractivity (Wildman–Crippen MR) is 54.1 cm³/mol. The third-order valence-electron chi connectivity index (χ3n) is 2.50. The number of nitrogens with zero attached hydrogens (tertiary/aromatic N) is 2. The number of ether oxygens (including phenoxy) is 1. The normalized spacial score (nSPS) is 18.0. The first-order valence-corrected chi connectivity index (χ1v) is 5.02. The minimum atomic E-state index is 0.726. The molecule has 0 saturated carbocycles. The molecule has 1 fully saturated rings. The Morgan fingerprint density at radius 2 is 2.00 bits per heavy atom. The van der Waals surface area contributed by atoms with Gasteiger partial charge in [0.1, 0.15) is 6.33 Å². The molecule has 1 aromatic heterocycles. The van der Waals surface area contributed by atoms with Crippen LogP contribution in [0.4, 0.5) is 5.69 Å². The Morgan fingerprint density at radius 3 is 2.71 bits per heavy atom. The van der Waals surface area contributed by atoms with Crippen LogP contribution in [0.3, 0.4) is 0 Å². The highest BCUT2D eigenvalue weighted by molar-refractivity contribution is 5.36. The van der Waals surface area contributed by atoms with Crippen LogP contribution in [0.25, 0.3) is 0 Å². The lowest BCUT2D eigenvalue weighted by molar-refractivity contribution is 0.0699. The highest BCUT2D eigenvalue weighted by atomic mass is 16.5. The van der Waals surface area contributed by atoms with Crippen molar-refractivity contribution in [3.05, 3.63) is 18.7 Å². The zero-order valence-corrected chi connectivity index (χ0v) is 8.15. The van der Waals surface area contributed by atoms with Gasteiger partial charge in [-0.1, -0.05) is 0 Å². The molecular weight excluding hydrogens is 178 g/mol. The molecule has 1 aliphatic heterocycles. The molecule has 0 unspecified atom stereocenters. The molecule has 2 rings (SSSR count). The molecule has 1 N–H and O–H groups in total. The van der Waals surface area contributed by atoms with Gasteiger partial charge in [0.05, 0.1) is 18.1 Å². The van der Waals surface area contributed by atoms with E-state index in [-0.39, 0.29) is 0 Å². The van der Waals surface area contributed by atoms with Gasteiger partial charge < -0.3 is 10.1 Å². The maximum atomic E-state index is 5.30. The maximum absolute atomic E-state index is 5.30. The summed E-state index contributed by atoms with van der Waals surface area (Å²) in [5, 5.41) is 3.33. The fourth-order valence-corrected chi connectivity index (χ4v) is 1.60. The average Bonchev–Trinajstić information content (AvgIpc) is 2.29. The molecule has 2 heterocycles. The van der Waals surface area contributed by atoms with Crippen LogP contribution >= 0.6 is 0 Å². The smallest absolute Gasteiger partial charge is 0.115 e. The molecular formula is C10H15N3O. The van der Waals surface area contributed by atoms with Crippen molar-refractivity contribution >= 4 is 5.69 Å². The summed E-state index contributed by atoms with van der Waals surface area (Å²) < 4.78 is 5.30. The number of nitrogens with one attached hydrogen (secondary N) is 1. The van der Waals surface area contributed by atoms with Crippen LogP contribution < -0.4 is 5.32 Å². The highest BCUT2D eigenvalue weighted by Crippen LogP contribution is 2.15. The van der Waals surface area contributed by atoms with E-state index in [0.29, 0.717) is 0 Å². The van der Waals surface area contributed by atoms with E-state index in [0.717, 1.165) is 44.2 Å². The standard InChI is InChI=1S/C10H15N3O/c1-3-14-4-2-9(1)5-13-10-6-11-8-12-7-10/h6-9,13H,1-5H2. The molecule has 14 heavy (non-hydrogen) atoms. The quantitative estimate of drug-likeness (QED) is 0.786. The first-order chi connectivity index (χ1) is 6.95. The van der Waals surface area contributed by atoms with Crippen molar-refractivity contribution in [2.24, 2.45) is 5.92 Å². The molecule has 0 aliphatic carbocycles. The van der Waals surface area contributed by atoms with Crippen LogP contribution in [0.1, 0.15) is 12.8 Å². The van der Waals surface area contributed by atoms with E-state index in [1.165, 1.54) is 0 Å². The largest absolute Gasteiger partial charge is 0.382 e. The van der Waals surface area contributed by atoms with Crippen LogP contribution in [0.5, 0.6) is 0 Å². The second-order valence-corrected chi connectivity index (χ2v) is 3.56. The van der Waals surface area contributed by atoms with E-state index >= 15 is 0 Å². The first-order valence-electron chi connectivity index (χ1n) is 5.02. The molecule has 4 heteroatoms. The average molecular weight is 193 g/mol. The van der Waals surface area contributed by atoms with Gasteiger partial charge in [-0.3, -0.25) is 0 Å². The molecule has 76 valence electrons. The molecule has 1 aliphatic rings. The number of hydrogen-bond donors (Lipinski definition) is 1. The Morgan fingerprint density at radius 1 is 1.29 bits per heavy atom. The van der Waals surface area contributed by atoms with E-state index in [1.54, 1.807) is 18.7 Å². The second-order valence-electron chi connectivity index (χ2n) is 3.56. The van der Waals surface area contributed by atoms with Gasteiger partial charge in [0, 0.05) is 19.8 Å². The zero-order valence-electron chi connectivity index (χ0n) is 8.15. The Hall–Kier alpha value is -1.16. The molecule has 0 amide bonds. The molecule has 0 radical (unpaired) electrons. The van der Waals surface area contributed by atoms with E-state index in [4.69, 9.17) is 4.74 Å². The van der Waals surface area contributed by atoms with E-state index in [2.05, 4.69) is 15.3 Å². The summed E-state index contributed by atoms with van der Waals surface area (Å²) in [4.78, 5) is 7.90. The van der Waals surface area contributed by atoms with Crippen molar-refractivity contribution in [2.75, 3.05) is 25.1 Å². The molecule has 0 spiro atoms. The van der Waals surface area contributed by atoms with Crippen LogP contribution in [-0.4, -0.2) is 29.7 Å². The van der Waals surface area contributed by atoms with Gasteiger partial charge in [0.25, 0.3) is 0 Å². The third-order valence-corrected chi connectivity index (χ3v) is 2.50. The maximum Gasteiger partial charge on any atom is 0.115 e. The lowest BCUT2D eigenvalue weighted by Gasteiger charge is -2.22. The fourth-order valence-electron chi connectivity index (χ4n) is 1.60. The van der Waals surface area contributed by atoms with Gasteiger partial charge in [-0.15, -0.1) is 0 Å². The Bertz CT molecular complexity index is 259. The van der Waals surface area contributed by atoms with Crippen LogP contribution in [0.15, 0.2) is 18.7 Å². The number of anilines is 1. The van der Waals surface area contributed by atoms with Gasteiger partial charge in [0.2, 0.25) is 0 Å². The van der Waals surface area contributed by atoms with E-state index in [9.17, 15) is 0 Å². The molecule has 0 atom stereocenters. The monoisotopic (exact) mass is 193 g/mol. The van der Waals surface area contributed by atoms with Crippen molar-refractivity contribution in [1.29, 1.82) is 0 Å². The van der Waals surface area contributed by atoms with Gasteiger partial charge in [-0.25, -0.2) is 9.97 Å². The minimum absolute atomic E-state index is 0.726. The summed E-state index contributed by atoms with van der Waals surface area (Å²) in [7, 11) is 0. The van der Waals surface area contributed by atoms with Crippen molar-refractivity contribution < 1.29 is 4.74 Å². The Labute approximate surface area is 83.7 Å². The van der Waals surface area contributed by atoms with Crippen molar-refractivity contribution in [2.45, 2.75) is 12.8 Å².